The van der Waals surface area contributed by atoms with Crippen molar-refractivity contribution in [3.8, 4) is 0 Å². The molecule has 0 aromatic rings. The zero-order valence-electron chi connectivity index (χ0n) is 9.20. The van der Waals surface area contributed by atoms with Crippen LogP contribution in [-0.2, 0) is 14.3 Å². The lowest BCUT2D eigenvalue weighted by atomic mass is 10.1. The van der Waals surface area contributed by atoms with Gasteiger partial charge in [0.05, 0.1) is 6.61 Å². The fraction of sp³-hybridized carbons (Fsp3) is 0.667. The maximum atomic E-state index is 11.3. The smallest absolute Gasteiger partial charge is 0.313 e. The Kier molecular flexibility index (Phi) is 5.08. The zero-order chi connectivity index (χ0) is 11.1. The Balaban J connectivity index is 2.04. The molecule has 1 aliphatic rings. The lowest BCUT2D eigenvalue weighted by Gasteiger charge is -1.99. The molecule has 0 N–H and O–H groups in total. The van der Waals surface area contributed by atoms with Crippen LogP contribution in [0.5, 0.6) is 0 Å². The summed E-state index contributed by atoms with van der Waals surface area (Å²) < 4.78 is 4.69. The third-order valence-electron chi connectivity index (χ3n) is 2.27. The first-order chi connectivity index (χ1) is 7.22. The van der Waals surface area contributed by atoms with Crippen molar-refractivity contribution >= 4 is 11.8 Å². The van der Waals surface area contributed by atoms with Gasteiger partial charge in [0.15, 0.2) is 0 Å². The molecule has 0 amide bonds. The standard InChI is InChI=1S/C12H18O3/c1-2-15-12(14)9-11(13)6-4-3-5-10-7-8-10/h3,5,10H,2,4,6-9H2,1H3/b5-3+. The minimum atomic E-state index is -0.409. The van der Waals surface area contributed by atoms with Crippen LogP contribution in [0, 0.1) is 5.92 Å². The second-order valence-electron chi connectivity index (χ2n) is 3.82. The summed E-state index contributed by atoms with van der Waals surface area (Å²) in [7, 11) is 0. The second-order valence-corrected chi connectivity index (χ2v) is 3.82. The molecule has 0 bridgehead atoms. The van der Waals surface area contributed by atoms with Gasteiger partial charge in [-0.15, -0.1) is 0 Å². The van der Waals surface area contributed by atoms with Gasteiger partial charge in [0.1, 0.15) is 12.2 Å². The number of carbonyl (C=O) groups excluding carboxylic acids is 2. The van der Waals surface area contributed by atoms with Crippen molar-refractivity contribution < 1.29 is 14.3 Å². The van der Waals surface area contributed by atoms with Crippen LogP contribution >= 0.6 is 0 Å². The van der Waals surface area contributed by atoms with Crippen molar-refractivity contribution in [2.45, 2.75) is 39.0 Å². The number of ether oxygens (including phenoxy) is 1. The lowest BCUT2D eigenvalue weighted by Crippen LogP contribution is -2.10. The predicted octanol–water partition coefficient (Wildman–Crippen LogP) is 2.26. The van der Waals surface area contributed by atoms with Crippen molar-refractivity contribution in [2.24, 2.45) is 5.92 Å². The highest BCUT2D eigenvalue weighted by Crippen LogP contribution is 2.30. The molecule has 0 atom stereocenters. The summed E-state index contributed by atoms with van der Waals surface area (Å²) in [6.07, 6.45) is 7.89. The van der Waals surface area contributed by atoms with Gasteiger partial charge in [0, 0.05) is 6.42 Å². The topological polar surface area (TPSA) is 43.4 Å². The molecule has 1 saturated carbocycles. The average Bonchev–Trinajstić information content (AvgIpc) is 2.96. The first-order valence-electron chi connectivity index (χ1n) is 5.56. The Morgan fingerprint density at radius 1 is 1.40 bits per heavy atom. The molecular weight excluding hydrogens is 192 g/mol. The van der Waals surface area contributed by atoms with E-state index in [1.807, 2.05) is 6.08 Å². The van der Waals surface area contributed by atoms with Crippen LogP contribution in [0.2, 0.25) is 0 Å². The molecule has 0 saturated heterocycles. The van der Waals surface area contributed by atoms with Gasteiger partial charge in [0.2, 0.25) is 0 Å². The normalized spacial score (nSPS) is 15.5. The second kappa shape index (κ2) is 6.38. The summed E-state index contributed by atoms with van der Waals surface area (Å²) in [5, 5.41) is 0. The van der Waals surface area contributed by atoms with Crippen LogP contribution in [0.15, 0.2) is 12.2 Å². The van der Waals surface area contributed by atoms with E-state index >= 15 is 0 Å². The van der Waals surface area contributed by atoms with E-state index in [0.717, 1.165) is 12.3 Å². The summed E-state index contributed by atoms with van der Waals surface area (Å²) in [5.74, 6) is 0.313. The van der Waals surface area contributed by atoms with E-state index in [4.69, 9.17) is 0 Å². The molecular formula is C12H18O3. The quantitative estimate of drug-likeness (QED) is 0.368. The van der Waals surface area contributed by atoms with Crippen molar-refractivity contribution in [1.29, 1.82) is 0 Å². The van der Waals surface area contributed by atoms with Crippen LogP contribution in [-0.4, -0.2) is 18.4 Å². The number of Topliss-reactive ketones (excluding diaryl/α,β-unsaturated/α-hetero) is 1. The Morgan fingerprint density at radius 3 is 2.73 bits per heavy atom. The van der Waals surface area contributed by atoms with Gasteiger partial charge in [-0.2, -0.15) is 0 Å². The number of esters is 1. The van der Waals surface area contributed by atoms with Gasteiger partial charge < -0.3 is 4.74 Å². The molecule has 3 heteroatoms. The van der Waals surface area contributed by atoms with E-state index in [-0.39, 0.29) is 12.2 Å². The van der Waals surface area contributed by atoms with Crippen molar-refractivity contribution in [3.63, 3.8) is 0 Å². The summed E-state index contributed by atoms with van der Waals surface area (Å²) in [6.45, 7) is 2.08. The minimum absolute atomic E-state index is 0.0334. The van der Waals surface area contributed by atoms with Gasteiger partial charge in [-0.05, 0) is 32.1 Å². The van der Waals surface area contributed by atoms with E-state index in [1.54, 1.807) is 6.92 Å². The monoisotopic (exact) mass is 210 g/mol. The molecule has 0 heterocycles. The molecule has 84 valence electrons. The first kappa shape index (κ1) is 12.0. The maximum absolute atomic E-state index is 11.3. The van der Waals surface area contributed by atoms with E-state index in [9.17, 15) is 9.59 Å². The van der Waals surface area contributed by atoms with Gasteiger partial charge in [-0.25, -0.2) is 0 Å². The Bertz CT molecular complexity index is 252. The van der Waals surface area contributed by atoms with E-state index in [0.29, 0.717) is 13.0 Å². The number of allylic oxidation sites excluding steroid dienone is 2. The fourth-order valence-electron chi connectivity index (χ4n) is 1.28. The van der Waals surface area contributed by atoms with Crippen molar-refractivity contribution in [1.82, 2.24) is 0 Å². The number of hydrogen-bond acceptors (Lipinski definition) is 3. The number of ketones is 1. The lowest BCUT2D eigenvalue weighted by molar-refractivity contribution is -0.145. The molecule has 0 unspecified atom stereocenters. The fourth-order valence-corrected chi connectivity index (χ4v) is 1.28. The Hall–Kier alpha value is -1.12. The van der Waals surface area contributed by atoms with Crippen molar-refractivity contribution in [2.75, 3.05) is 6.61 Å². The molecule has 0 aliphatic heterocycles. The van der Waals surface area contributed by atoms with Gasteiger partial charge in [0.25, 0.3) is 0 Å². The van der Waals surface area contributed by atoms with Crippen LogP contribution in [0.1, 0.15) is 39.0 Å². The van der Waals surface area contributed by atoms with Gasteiger partial charge in [-0.3, -0.25) is 9.59 Å². The third-order valence-corrected chi connectivity index (χ3v) is 2.27. The molecule has 1 aliphatic carbocycles. The van der Waals surface area contributed by atoms with Crippen LogP contribution < -0.4 is 0 Å². The van der Waals surface area contributed by atoms with Gasteiger partial charge in [-0.1, -0.05) is 12.2 Å². The van der Waals surface area contributed by atoms with Crippen LogP contribution in [0.4, 0.5) is 0 Å². The molecule has 1 rings (SSSR count). The van der Waals surface area contributed by atoms with E-state index < -0.39 is 5.97 Å². The van der Waals surface area contributed by atoms with Crippen LogP contribution in [0.3, 0.4) is 0 Å². The molecule has 0 aromatic carbocycles. The summed E-state index contributed by atoms with van der Waals surface area (Å²) in [6, 6.07) is 0. The third kappa shape index (κ3) is 6.05. The summed E-state index contributed by atoms with van der Waals surface area (Å²) >= 11 is 0. The molecule has 0 aromatic heterocycles. The number of hydrogen-bond donors (Lipinski definition) is 0. The molecule has 15 heavy (non-hydrogen) atoms. The SMILES string of the molecule is CCOC(=O)CC(=O)CC/C=C/C1CC1. The number of rotatable bonds is 7. The van der Waals surface area contributed by atoms with Crippen LogP contribution in [0.25, 0.3) is 0 Å². The van der Waals surface area contributed by atoms with E-state index in [1.165, 1.54) is 12.8 Å². The van der Waals surface area contributed by atoms with Gasteiger partial charge >= 0.3 is 5.97 Å². The largest absolute Gasteiger partial charge is 0.466 e. The highest BCUT2D eigenvalue weighted by molar-refractivity contribution is 5.95. The zero-order valence-corrected chi connectivity index (χ0v) is 9.20. The molecule has 3 nitrogen and oxygen atoms in total. The van der Waals surface area contributed by atoms with E-state index in [2.05, 4.69) is 10.8 Å². The van der Waals surface area contributed by atoms with Crippen molar-refractivity contribution in [3.05, 3.63) is 12.2 Å². The highest BCUT2D eigenvalue weighted by Gasteiger charge is 2.16. The average molecular weight is 210 g/mol. The molecule has 0 spiro atoms. The molecule has 0 radical (unpaired) electrons. The Labute approximate surface area is 90.5 Å². The summed E-state index contributed by atoms with van der Waals surface area (Å²) in [4.78, 5) is 22.2. The first-order valence-corrected chi connectivity index (χ1v) is 5.56. The minimum Gasteiger partial charge on any atom is -0.466 e. The predicted molar refractivity (Wildman–Crippen MR) is 57.4 cm³/mol. The molecule has 1 fully saturated rings. The Morgan fingerprint density at radius 2 is 2.13 bits per heavy atom. The highest BCUT2D eigenvalue weighted by atomic mass is 16.5. The summed E-state index contributed by atoms with van der Waals surface area (Å²) in [5.41, 5.74) is 0. The maximum Gasteiger partial charge on any atom is 0.313 e. The number of carbonyl (C=O) groups is 2.